The summed E-state index contributed by atoms with van der Waals surface area (Å²) in [6.45, 7) is 3.90. The van der Waals surface area contributed by atoms with E-state index in [4.69, 9.17) is 16.3 Å². The van der Waals surface area contributed by atoms with Gasteiger partial charge in [0, 0.05) is 10.7 Å². The Morgan fingerprint density at radius 3 is 2.29 bits per heavy atom. The molecule has 3 nitrogen and oxygen atoms in total. The van der Waals surface area contributed by atoms with E-state index in [2.05, 4.69) is 0 Å². The van der Waals surface area contributed by atoms with E-state index < -0.39 is 6.10 Å². The van der Waals surface area contributed by atoms with E-state index in [1.807, 2.05) is 38.1 Å². The van der Waals surface area contributed by atoms with E-state index in [1.54, 1.807) is 35.2 Å². The number of β-lactam (4-membered cyclic amide) rings is 1. The average Bonchev–Trinajstić information content (AvgIpc) is 2.67. The van der Waals surface area contributed by atoms with Crippen LogP contribution in [0.2, 0.25) is 5.02 Å². The van der Waals surface area contributed by atoms with Crippen molar-refractivity contribution in [2.24, 2.45) is 0 Å². The molecule has 5 heteroatoms. The van der Waals surface area contributed by atoms with Gasteiger partial charge in [-0.2, -0.15) is 0 Å². The highest BCUT2D eigenvalue weighted by Gasteiger charge is 2.51. The zero-order valence-electron chi connectivity index (χ0n) is 15.5. The minimum Gasteiger partial charge on any atom is -0.478 e. The maximum atomic E-state index is 13.3. The van der Waals surface area contributed by atoms with Crippen molar-refractivity contribution in [3.63, 3.8) is 0 Å². The average molecular weight is 396 g/mol. The number of halogens is 2. The van der Waals surface area contributed by atoms with Gasteiger partial charge in [-0.1, -0.05) is 41.4 Å². The van der Waals surface area contributed by atoms with Crippen LogP contribution in [0.15, 0.2) is 66.7 Å². The molecule has 2 atom stereocenters. The summed E-state index contributed by atoms with van der Waals surface area (Å²) in [6, 6.07) is 18.9. The minimum absolute atomic E-state index is 0.161. The van der Waals surface area contributed by atoms with Crippen molar-refractivity contribution in [2.75, 3.05) is 4.90 Å². The maximum Gasteiger partial charge on any atom is 0.271 e. The molecule has 0 saturated carbocycles. The molecular formula is C23H19ClFNO2. The van der Waals surface area contributed by atoms with Gasteiger partial charge in [0.1, 0.15) is 17.6 Å². The Kier molecular flexibility index (Phi) is 4.82. The fourth-order valence-electron chi connectivity index (χ4n) is 3.44. The molecule has 142 valence electrons. The molecule has 0 aromatic heterocycles. The second kappa shape index (κ2) is 7.28. The van der Waals surface area contributed by atoms with Crippen LogP contribution in [0.3, 0.4) is 0 Å². The predicted molar refractivity (Wildman–Crippen MR) is 108 cm³/mol. The Hall–Kier alpha value is -2.85. The summed E-state index contributed by atoms with van der Waals surface area (Å²) in [5.41, 5.74) is 3.60. The highest BCUT2D eigenvalue weighted by atomic mass is 35.5. The van der Waals surface area contributed by atoms with Gasteiger partial charge in [0.05, 0.1) is 0 Å². The molecule has 3 aromatic carbocycles. The van der Waals surface area contributed by atoms with Crippen molar-refractivity contribution in [3.8, 4) is 5.75 Å². The van der Waals surface area contributed by atoms with E-state index in [-0.39, 0.29) is 17.8 Å². The molecule has 1 aliphatic heterocycles. The number of hydrogen-bond acceptors (Lipinski definition) is 2. The van der Waals surface area contributed by atoms with Crippen LogP contribution >= 0.6 is 11.6 Å². The minimum atomic E-state index is -0.660. The quantitative estimate of drug-likeness (QED) is 0.535. The molecule has 0 spiro atoms. The molecule has 1 saturated heterocycles. The van der Waals surface area contributed by atoms with Gasteiger partial charge in [-0.05, 0) is 67.4 Å². The molecule has 1 fully saturated rings. The number of aryl methyl sites for hydroxylation is 2. The first-order chi connectivity index (χ1) is 13.4. The summed E-state index contributed by atoms with van der Waals surface area (Å²) >= 11 is 6.02. The largest absolute Gasteiger partial charge is 0.478 e. The molecule has 1 heterocycles. The molecular weight excluding hydrogens is 377 g/mol. The van der Waals surface area contributed by atoms with Crippen molar-refractivity contribution in [1.29, 1.82) is 0 Å². The molecule has 0 N–H and O–H groups in total. The molecule has 4 rings (SSSR count). The van der Waals surface area contributed by atoms with E-state index in [0.29, 0.717) is 16.5 Å². The van der Waals surface area contributed by atoms with Crippen molar-refractivity contribution in [3.05, 3.63) is 94.3 Å². The molecule has 3 aromatic rings. The highest BCUT2D eigenvalue weighted by molar-refractivity contribution is 6.30. The van der Waals surface area contributed by atoms with Crippen LogP contribution in [-0.4, -0.2) is 12.0 Å². The van der Waals surface area contributed by atoms with Crippen LogP contribution in [0.1, 0.15) is 22.7 Å². The summed E-state index contributed by atoms with van der Waals surface area (Å²) in [5, 5.41) is 0.618. The Morgan fingerprint density at radius 2 is 1.64 bits per heavy atom. The molecule has 0 unspecified atom stereocenters. The van der Waals surface area contributed by atoms with Crippen LogP contribution in [0.4, 0.5) is 10.1 Å². The van der Waals surface area contributed by atoms with E-state index >= 15 is 0 Å². The first kappa shape index (κ1) is 18.5. The molecule has 28 heavy (non-hydrogen) atoms. The Bertz CT molecular complexity index is 1020. The third-order valence-corrected chi connectivity index (χ3v) is 5.20. The van der Waals surface area contributed by atoms with Crippen LogP contribution in [0.5, 0.6) is 5.75 Å². The third kappa shape index (κ3) is 3.36. The van der Waals surface area contributed by atoms with Crippen LogP contribution in [0, 0.1) is 19.7 Å². The molecule has 0 bridgehead atoms. The van der Waals surface area contributed by atoms with Gasteiger partial charge in [-0.15, -0.1) is 0 Å². The highest BCUT2D eigenvalue weighted by Crippen LogP contribution is 2.42. The summed E-state index contributed by atoms with van der Waals surface area (Å²) in [7, 11) is 0. The van der Waals surface area contributed by atoms with Crippen molar-refractivity contribution >= 4 is 23.2 Å². The van der Waals surface area contributed by atoms with Crippen LogP contribution in [0.25, 0.3) is 0 Å². The summed E-state index contributed by atoms with van der Waals surface area (Å²) in [6.07, 6.45) is -0.660. The van der Waals surface area contributed by atoms with E-state index in [9.17, 15) is 9.18 Å². The second-order valence-electron chi connectivity index (χ2n) is 6.99. The normalized spacial score (nSPS) is 18.7. The van der Waals surface area contributed by atoms with Gasteiger partial charge in [0.15, 0.2) is 0 Å². The van der Waals surface area contributed by atoms with E-state index in [0.717, 1.165) is 16.7 Å². The fraction of sp³-hybridized carbons (Fsp3) is 0.174. The molecule has 1 amide bonds. The summed E-state index contributed by atoms with van der Waals surface area (Å²) in [5.74, 6) is 0.123. The predicted octanol–water partition coefficient (Wildman–Crippen LogP) is 5.63. The van der Waals surface area contributed by atoms with Gasteiger partial charge in [-0.3, -0.25) is 9.69 Å². The number of carbonyl (C=O) groups excluding carboxylic acids is 1. The summed E-state index contributed by atoms with van der Waals surface area (Å²) < 4.78 is 19.4. The first-order valence-electron chi connectivity index (χ1n) is 9.02. The van der Waals surface area contributed by atoms with Gasteiger partial charge < -0.3 is 4.74 Å². The lowest BCUT2D eigenvalue weighted by molar-refractivity contribution is -0.135. The first-order valence-corrected chi connectivity index (χ1v) is 9.40. The topological polar surface area (TPSA) is 29.5 Å². The number of carbonyl (C=O) groups is 1. The van der Waals surface area contributed by atoms with Crippen molar-refractivity contribution < 1.29 is 13.9 Å². The Morgan fingerprint density at radius 1 is 0.964 bits per heavy atom. The number of amides is 1. The van der Waals surface area contributed by atoms with Crippen molar-refractivity contribution in [2.45, 2.75) is 26.0 Å². The number of ether oxygens (including phenoxy) is 1. The lowest BCUT2D eigenvalue weighted by Crippen LogP contribution is -2.61. The van der Waals surface area contributed by atoms with Gasteiger partial charge in [0.25, 0.3) is 5.91 Å². The Balaban J connectivity index is 1.69. The number of hydrogen-bond donors (Lipinski definition) is 0. The van der Waals surface area contributed by atoms with Crippen LogP contribution < -0.4 is 9.64 Å². The number of nitrogens with zero attached hydrogens (tertiary/aromatic N) is 1. The smallest absolute Gasteiger partial charge is 0.271 e. The number of benzene rings is 3. The summed E-state index contributed by atoms with van der Waals surface area (Å²) in [4.78, 5) is 14.6. The maximum absolute atomic E-state index is 13.3. The van der Waals surface area contributed by atoms with Gasteiger partial charge >= 0.3 is 0 Å². The standard InChI is InChI=1S/C23H19ClFNO2/c1-14-3-5-16(6-4-14)21-22(28-20-12-7-17(24)13-15(20)2)23(27)26(21)19-10-8-18(25)9-11-19/h3-13,21-22H,1-2H3/t21-,22+/m1/s1. The fourth-order valence-corrected chi connectivity index (χ4v) is 3.66. The Labute approximate surface area is 168 Å². The lowest BCUT2D eigenvalue weighted by atomic mass is 9.89. The SMILES string of the molecule is Cc1ccc([C@@H]2[C@H](Oc3ccc(Cl)cc3C)C(=O)N2c2ccc(F)cc2)cc1. The zero-order valence-corrected chi connectivity index (χ0v) is 16.3. The monoisotopic (exact) mass is 395 g/mol. The van der Waals surface area contributed by atoms with E-state index in [1.165, 1.54) is 12.1 Å². The lowest BCUT2D eigenvalue weighted by Gasteiger charge is -2.46. The molecule has 0 aliphatic carbocycles. The second-order valence-corrected chi connectivity index (χ2v) is 7.42. The van der Waals surface area contributed by atoms with Gasteiger partial charge in [-0.25, -0.2) is 4.39 Å². The van der Waals surface area contributed by atoms with Crippen LogP contribution in [-0.2, 0) is 4.79 Å². The number of rotatable bonds is 4. The van der Waals surface area contributed by atoms with Gasteiger partial charge in [0.2, 0.25) is 6.10 Å². The molecule has 1 aliphatic rings. The number of anilines is 1. The zero-order chi connectivity index (χ0) is 19.8. The third-order valence-electron chi connectivity index (χ3n) is 4.96. The van der Waals surface area contributed by atoms with Crippen molar-refractivity contribution in [1.82, 2.24) is 0 Å². The molecule has 0 radical (unpaired) electrons.